The summed E-state index contributed by atoms with van der Waals surface area (Å²) < 4.78 is 3.65. The predicted molar refractivity (Wildman–Crippen MR) is 89.4 cm³/mol. The van der Waals surface area contributed by atoms with Gasteiger partial charge < -0.3 is 10.2 Å². The zero-order chi connectivity index (χ0) is 15.6. The summed E-state index contributed by atoms with van der Waals surface area (Å²) in [6.45, 7) is 4.43. The van der Waals surface area contributed by atoms with Crippen LogP contribution in [0.25, 0.3) is 16.9 Å². The molecule has 23 heavy (non-hydrogen) atoms. The number of rotatable bonds is 5. The van der Waals surface area contributed by atoms with Gasteiger partial charge in [0.1, 0.15) is 5.82 Å². The highest BCUT2D eigenvalue weighted by Crippen LogP contribution is 2.20. The summed E-state index contributed by atoms with van der Waals surface area (Å²) in [6, 6.07) is 3.98. The largest absolute Gasteiger partial charge is 0.367 e. The van der Waals surface area contributed by atoms with Gasteiger partial charge in [0, 0.05) is 31.9 Å². The maximum absolute atomic E-state index is 4.67. The summed E-state index contributed by atoms with van der Waals surface area (Å²) >= 11 is 0. The molecule has 0 saturated carbocycles. The molecule has 1 saturated heterocycles. The summed E-state index contributed by atoms with van der Waals surface area (Å²) in [4.78, 5) is 6.91. The number of imidazole rings is 1. The van der Waals surface area contributed by atoms with Gasteiger partial charge in [-0.2, -0.15) is 5.10 Å². The van der Waals surface area contributed by atoms with Crippen molar-refractivity contribution in [2.24, 2.45) is 7.05 Å². The molecule has 0 spiro atoms. The normalized spacial score (nSPS) is 15.5. The van der Waals surface area contributed by atoms with Gasteiger partial charge in [-0.25, -0.2) is 9.50 Å². The fourth-order valence-electron chi connectivity index (χ4n) is 3.07. The molecule has 3 aromatic heterocycles. The molecule has 3 aromatic rings. The molecule has 7 heteroatoms. The highest BCUT2D eigenvalue weighted by atomic mass is 15.3. The summed E-state index contributed by atoms with van der Waals surface area (Å²) in [7, 11) is 1.91. The van der Waals surface area contributed by atoms with E-state index in [0.717, 1.165) is 35.8 Å². The lowest BCUT2D eigenvalue weighted by atomic mass is 10.3. The topological polar surface area (TPSA) is 63.3 Å². The number of nitrogens with one attached hydrogen (secondary N) is 1. The molecule has 0 atom stereocenters. The molecule has 7 nitrogen and oxygen atoms in total. The Labute approximate surface area is 134 Å². The minimum atomic E-state index is 0.842. The summed E-state index contributed by atoms with van der Waals surface area (Å²) in [5.74, 6) is 0.875. The van der Waals surface area contributed by atoms with E-state index >= 15 is 0 Å². The van der Waals surface area contributed by atoms with E-state index in [1.807, 2.05) is 42.3 Å². The van der Waals surface area contributed by atoms with Crippen molar-refractivity contribution >= 4 is 11.5 Å². The van der Waals surface area contributed by atoms with Crippen molar-refractivity contribution in [2.45, 2.75) is 12.8 Å². The van der Waals surface area contributed by atoms with Gasteiger partial charge >= 0.3 is 0 Å². The van der Waals surface area contributed by atoms with Gasteiger partial charge in [0.2, 0.25) is 0 Å². The van der Waals surface area contributed by atoms with Crippen LogP contribution in [0.5, 0.6) is 0 Å². The molecule has 1 aliphatic heterocycles. The van der Waals surface area contributed by atoms with Gasteiger partial charge in [0.15, 0.2) is 5.65 Å². The molecule has 1 fully saturated rings. The van der Waals surface area contributed by atoms with Crippen LogP contribution in [0.15, 0.2) is 30.7 Å². The first kappa shape index (κ1) is 14.2. The summed E-state index contributed by atoms with van der Waals surface area (Å²) in [5.41, 5.74) is 2.81. The third-order valence-electron chi connectivity index (χ3n) is 4.30. The average molecular weight is 311 g/mol. The van der Waals surface area contributed by atoms with E-state index in [-0.39, 0.29) is 0 Å². The quantitative estimate of drug-likeness (QED) is 0.776. The Hall–Kier alpha value is -2.41. The molecule has 0 unspecified atom stereocenters. The van der Waals surface area contributed by atoms with Crippen LogP contribution in [-0.4, -0.2) is 55.5 Å². The first-order valence-corrected chi connectivity index (χ1v) is 8.10. The summed E-state index contributed by atoms with van der Waals surface area (Å²) in [6.07, 6.45) is 8.30. The van der Waals surface area contributed by atoms with Crippen molar-refractivity contribution in [3.05, 3.63) is 30.7 Å². The highest BCUT2D eigenvalue weighted by Gasteiger charge is 2.11. The fraction of sp³-hybridized carbons (Fsp3) is 0.438. The van der Waals surface area contributed by atoms with Gasteiger partial charge in [0.05, 0.1) is 18.1 Å². The second-order valence-electron chi connectivity index (χ2n) is 6.01. The first-order chi connectivity index (χ1) is 11.3. The van der Waals surface area contributed by atoms with Crippen LogP contribution in [0.4, 0.5) is 5.82 Å². The van der Waals surface area contributed by atoms with E-state index in [0.29, 0.717) is 0 Å². The monoisotopic (exact) mass is 311 g/mol. The zero-order valence-electron chi connectivity index (χ0n) is 13.3. The van der Waals surface area contributed by atoms with Crippen LogP contribution in [0, 0.1) is 0 Å². The molecule has 0 aromatic carbocycles. The molecule has 0 bridgehead atoms. The van der Waals surface area contributed by atoms with Gasteiger partial charge in [-0.05, 0) is 38.1 Å². The Morgan fingerprint density at radius 3 is 2.83 bits per heavy atom. The number of hydrogen-bond donors (Lipinski definition) is 1. The van der Waals surface area contributed by atoms with Gasteiger partial charge in [-0.3, -0.25) is 4.68 Å². The highest BCUT2D eigenvalue weighted by molar-refractivity contribution is 5.62. The third-order valence-corrected chi connectivity index (χ3v) is 4.30. The molecule has 0 aliphatic carbocycles. The van der Waals surface area contributed by atoms with Crippen LogP contribution >= 0.6 is 0 Å². The Bertz CT molecular complexity index is 798. The van der Waals surface area contributed by atoms with E-state index in [2.05, 4.69) is 25.4 Å². The standard InChI is InChI=1S/C16H21N7/c1-21-12-13(10-19-21)14-11-18-16-5-4-15(20-23(14)16)17-6-9-22-7-2-3-8-22/h4-5,10-12H,2-3,6-9H2,1H3,(H,17,20). The lowest BCUT2D eigenvalue weighted by Gasteiger charge is -2.15. The number of aromatic nitrogens is 5. The van der Waals surface area contributed by atoms with Crippen molar-refractivity contribution in [1.82, 2.24) is 29.3 Å². The molecule has 0 radical (unpaired) electrons. The maximum atomic E-state index is 4.67. The van der Waals surface area contributed by atoms with E-state index in [1.54, 1.807) is 4.68 Å². The fourth-order valence-corrected chi connectivity index (χ4v) is 3.07. The van der Waals surface area contributed by atoms with Crippen molar-refractivity contribution in [2.75, 3.05) is 31.5 Å². The number of anilines is 1. The third kappa shape index (κ3) is 2.92. The molecule has 120 valence electrons. The van der Waals surface area contributed by atoms with Crippen LogP contribution in [0.1, 0.15) is 12.8 Å². The number of nitrogens with zero attached hydrogens (tertiary/aromatic N) is 6. The number of fused-ring (bicyclic) bond motifs is 1. The lowest BCUT2D eigenvalue weighted by Crippen LogP contribution is -2.26. The van der Waals surface area contributed by atoms with E-state index in [4.69, 9.17) is 0 Å². The van der Waals surface area contributed by atoms with Crippen molar-refractivity contribution in [3.63, 3.8) is 0 Å². The van der Waals surface area contributed by atoms with Crippen molar-refractivity contribution in [3.8, 4) is 11.3 Å². The van der Waals surface area contributed by atoms with Crippen LogP contribution in [0.3, 0.4) is 0 Å². The minimum absolute atomic E-state index is 0.842. The first-order valence-electron chi connectivity index (χ1n) is 8.10. The van der Waals surface area contributed by atoms with Crippen LogP contribution in [-0.2, 0) is 7.05 Å². The van der Waals surface area contributed by atoms with Crippen LogP contribution < -0.4 is 5.32 Å². The second-order valence-corrected chi connectivity index (χ2v) is 6.01. The Morgan fingerprint density at radius 2 is 2.04 bits per heavy atom. The van der Waals surface area contributed by atoms with Crippen molar-refractivity contribution < 1.29 is 0 Å². The zero-order valence-corrected chi connectivity index (χ0v) is 13.3. The van der Waals surface area contributed by atoms with Gasteiger partial charge in [0.25, 0.3) is 0 Å². The Kier molecular flexibility index (Phi) is 3.70. The molecule has 0 amide bonds. The lowest BCUT2D eigenvalue weighted by molar-refractivity contribution is 0.352. The number of aryl methyl sites for hydroxylation is 1. The SMILES string of the molecule is Cn1cc(-c2cnc3ccc(NCCN4CCCC4)nn23)cn1. The van der Waals surface area contributed by atoms with E-state index in [9.17, 15) is 0 Å². The molecular weight excluding hydrogens is 290 g/mol. The number of likely N-dealkylation sites (tertiary alicyclic amines) is 1. The second kappa shape index (κ2) is 6.00. The van der Waals surface area contributed by atoms with Crippen molar-refractivity contribution in [1.29, 1.82) is 0 Å². The molecule has 4 rings (SSSR count). The van der Waals surface area contributed by atoms with Gasteiger partial charge in [-0.1, -0.05) is 0 Å². The maximum Gasteiger partial charge on any atom is 0.154 e. The minimum Gasteiger partial charge on any atom is -0.367 e. The average Bonchev–Trinajstić information content (AvgIpc) is 3.27. The molecular formula is C16H21N7. The van der Waals surface area contributed by atoms with Crippen LogP contribution in [0.2, 0.25) is 0 Å². The molecule has 1 N–H and O–H groups in total. The molecule has 1 aliphatic rings. The van der Waals surface area contributed by atoms with Gasteiger partial charge in [-0.15, -0.1) is 5.10 Å². The Balaban J connectivity index is 1.52. The smallest absolute Gasteiger partial charge is 0.154 e. The van der Waals surface area contributed by atoms with E-state index in [1.165, 1.54) is 25.9 Å². The predicted octanol–water partition coefficient (Wildman–Crippen LogP) is 1.64. The molecule has 4 heterocycles. The summed E-state index contributed by atoms with van der Waals surface area (Å²) in [5, 5.41) is 12.3. The van der Waals surface area contributed by atoms with E-state index < -0.39 is 0 Å². The number of hydrogen-bond acceptors (Lipinski definition) is 5. The Morgan fingerprint density at radius 1 is 1.17 bits per heavy atom.